The minimum Gasteiger partial charge on any atom is -0.353 e. The van der Waals surface area contributed by atoms with Crippen LogP contribution in [0.3, 0.4) is 0 Å². The van der Waals surface area contributed by atoms with Gasteiger partial charge in [-0.3, -0.25) is 9.78 Å². The fourth-order valence-electron chi connectivity index (χ4n) is 2.62. The summed E-state index contributed by atoms with van der Waals surface area (Å²) in [6, 6.07) is 7.67. The minimum absolute atomic E-state index is 0.0940. The molecule has 0 aliphatic rings. The first-order chi connectivity index (χ1) is 10.6. The highest BCUT2D eigenvalue weighted by Crippen LogP contribution is 2.10. The molecule has 5 heteroatoms. The maximum absolute atomic E-state index is 12.0. The van der Waals surface area contributed by atoms with Crippen molar-refractivity contribution in [3.63, 3.8) is 0 Å². The van der Waals surface area contributed by atoms with Gasteiger partial charge in [-0.15, -0.1) is 0 Å². The average Bonchev–Trinajstić information content (AvgIpc) is 2.51. The van der Waals surface area contributed by atoms with Gasteiger partial charge in [-0.05, 0) is 51.5 Å². The van der Waals surface area contributed by atoms with Gasteiger partial charge in [-0.1, -0.05) is 26.0 Å². The van der Waals surface area contributed by atoms with Gasteiger partial charge in [0.2, 0.25) is 5.95 Å². The van der Waals surface area contributed by atoms with Crippen molar-refractivity contribution in [3.8, 4) is 0 Å². The Labute approximate surface area is 131 Å². The number of hydrogen-bond donors (Lipinski definition) is 2. The summed E-state index contributed by atoms with van der Waals surface area (Å²) in [5, 5.41) is 3.93. The Morgan fingerprint density at radius 1 is 1.27 bits per heavy atom. The lowest BCUT2D eigenvalue weighted by Crippen LogP contribution is -2.26. The molecule has 1 heterocycles. The summed E-state index contributed by atoms with van der Waals surface area (Å²) in [5.41, 5.74) is 0.632. The van der Waals surface area contributed by atoms with Crippen LogP contribution >= 0.6 is 0 Å². The Hall–Kier alpha value is -1.88. The van der Waals surface area contributed by atoms with Crippen LogP contribution in [0.1, 0.15) is 33.6 Å². The molecule has 1 aromatic carbocycles. The number of nitrogens with zero attached hydrogens (tertiary/aromatic N) is 2. The average molecular weight is 302 g/mol. The summed E-state index contributed by atoms with van der Waals surface area (Å²) in [5.74, 6) is 0.555. The molecule has 0 aliphatic heterocycles. The Balaban J connectivity index is 1.94. The number of H-pyrrole nitrogens is 1. The third-order valence-corrected chi connectivity index (χ3v) is 4.00. The van der Waals surface area contributed by atoms with E-state index in [2.05, 4.69) is 41.0 Å². The summed E-state index contributed by atoms with van der Waals surface area (Å²) < 4.78 is 0. The number of fused-ring (bicyclic) bond motifs is 1. The fourth-order valence-corrected chi connectivity index (χ4v) is 2.62. The predicted molar refractivity (Wildman–Crippen MR) is 92.5 cm³/mol. The fraction of sp³-hybridized carbons (Fsp3) is 0.529. The van der Waals surface area contributed by atoms with E-state index >= 15 is 0 Å². The smallest absolute Gasteiger partial charge is 0.260 e. The third-order valence-electron chi connectivity index (χ3n) is 4.00. The first kappa shape index (κ1) is 16.5. The van der Waals surface area contributed by atoms with E-state index in [4.69, 9.17) is 0 Å². The van der Waals surface area contributed by atoms with Crippen molar-refractivity contribution in [2.45, 2.75) is 39.7 Å². The maximum Gasteiger partial charge on any atom is 0.260 e. The molecular weight excluding hydrogens is 276 g/mol. The number of para-hydroxylation sites is 1. The molecule has 0 saturated carbocycles. The molecule has 1 atom stereocenters. The second-order valence-corrected chi connectivity index (χ2v) is 5.65. The Kier molecular flexibility index (Phi) is 5.95. The second kappa shape index (κ2) is 7.94. The van der Waals surface area contributed by atoms with E-state index in [0.29, 0.717) is 11.3 Å². The van der Waals surface area contributed by atoms with E-state index in [1.165, 1.54) is 0 Å². The molecule has 0 bridgehead atoms. The highest BCUT2D eigenvalue weighted by molar-refractivity contribution is 5.78. The maximum atomic E-state index is 12.0. The monoisotopic (exact) mass is 302 g/mol. The third kappa shape index (κ3) is 4.31. The second-order valence-electron chi connectivity index (χ2n) is 5.65. The molecule has 0 spiro atoms. The van der Waals surface area contributed by atoms with Crippen molar-refractivity contribution < 1.29 is 0 Å². The van der Waals surface area contributed by atoms with Crippen molar-refractivity contribution in [3.05, 3.63) is 34.6 Å². The van der Waals surface area contributed by atoms with E-state index in [1.54, 1.807) is 6.07 Å². The highest BCUT2D eigenvalue weighted by atomic mass is 16.1. The lowest BCUT2D eigenvalue weighted by atomic mass is 10.2. The zero-order valence-electron chi connectivity index (χ0n) is 13.7. The number of aromatic amines is 1. The van der Waals surface area contributed by atoms with E-state index in [1.807, 2.05) is 18.2 Å². The Bertz CT molecular complexity index is 648. The van der Waals surface area contributed by atoms with Crippen molar-refractivity contribution in [1.29, 1.82) is 0 Å². The summed E-state index contributed by atoms with van der Waals surface area (Å²) in [6.45, 7) is 9.80. The van der Waals surface area contributed by atoms with Gasteiger partial charge in [0, 0.05) is 6.04 Å². The van der Waals surface area contributed by atoms with Gasteiger partial charge in [-0.25, -0.2) is 4.98 Å². The van der Waals surface area contributed by atoms with E-state index < -0.39 is 0 Å². The molecule has 2 rings (SSSR count). The highest BCUT2D eigenvalue weighted by Gasteiger charge is 2.07. The molecule has 0 saturated heterocycles. The number of nitrogens with one attached hydrogen (secondary N) is 2. The van der Waals surface area contributed by atoms with Crippen LogP contribution in [0.5, 0.6) is 0 Å². The number of aromatic nitrogens is 2. The molecule has 0 amide bonds. The van der Waals surface area contributed by atoms with Crippen LogP contribution in [0, 0.1) is 0 Å². The SMILES string of the molecule is CCN(CC)CCC[C@H](C)Nc1nc2ccccc2c(=O)[nH]1. The Morgan fingerprint density at radius 2 is 2.00 bits per heavy atom. The topological polar surface area (TPSA) is 61.0 Å². The molecule has 0 fully saturated rings. The first-order valence-electron chi connectivity index (χ1n) is 8.12. The van der Waals surface area contributed by atoms with E-state index in [-0.39, 0.29) is 11.6 Å². The molecule has 0 radical (unpaired) electrons. The quantitative estimate of drug-likeness (QED) is 0.787. The van der Waals surface area contributed by atoms with Crippen LogP contribution in [0.2, 0.25) is 0 Å². The lowest BCUT2D eigenvalue weighted by molar-refractivity contribution is 0.295. The van der Waals surface area contributed by atoms with Crippen LogP contribution < -0.4 is 10.9 Å². The number of hydrogen-bond acceptors (Lipinski definition) is 4. The first-order valence-corrected chi connectivity index (χ1v) is 8.12. The molecular formula is C17H26N4O. The van der Waals surface area contributed by atoms with Crippen LogP contribution in [0.4, 0.5) is 5.95 Å². The standard InChI is InChI=1S/C17H26N4O/c1-4-21(5-2)12-8-9-13(3)18-17-19-15-11-7-6-10-14(15)16(22)20-17/h6-7,10-11,13H,4-5,8-9,12H2,1-3H3,(H2,18,19,20,22)/t13-/m0/s1. The van der Waals surface area contributed by atoms with Crippen molar-refractivity contribution in [1.82, 2.24) is 14.9 Å². The lowest BCUT2D eigenvalue weighted by Gasteiger charge is -2.20. The number of anilines is 1. The number of benzene rings is 1. The van der Waals surface area contributed by atoms with Crippen LogP contribution in [0.25, 0.3) is 10.9 Å². The van der Waals surface area contributed by atoms with Crippen LogP contribution in [-0.4, -0.2) is 40.5 Å². The van der Waals surface area contributed by atoms with Gasteiger partial charge in [0.25, 0.3) is 5.56 Å². The summed E-state index contributed by atoms with van der Waals surface area (Å²) in [4.78, 5) is 21.7. The Morgan fingerprint density at radius 3 is 2.73 bits per heavy atom. The molecule has 2 aromatic rings. The van der Waals surface area contributed by atoms with Crippen LogP contribution in [0.15, 0.2) is 29.1 Å². The van der Waals surface area contributed by atoms with Gasteiger partial charge in [0.1, 0.15) is 0 Å². The predicted octanol–water partition coefficient (Wildman–Crippen LogP) is 2.85. The number of rotatable bonds is 8. The van der Waals surface area contributed by atoms with Gasteiger partial charge < -0.3 is 10.2 Å². The zero-order chi connectivity index (χ0) is 15.9. The van der Waals surface area contributed by atoms with Gasteiger partial charge in [0.05, 0.1) is 10.9 Å². The van der Waals surface area contributed by atoms with Gasteiger partial charge in [0.15, 0.2) is 0 Å². The van der Waals surface area contributed by atoms with Crippen molar-refractivity contribution in [2.75, 3.05) is 25.0 Å². The zero-order valence-corrected chi connectivity index (χ0v) is 13.7. The summed E-state index contributed by atoms with van der Waals surface area (Å²) in [7, 11) is 0. The molecule has 0 aliphatic carbocycles. The molecule has 22 heavy (non-hydrogen) atoms. The van der Waals surface area contributed by atoms with Crippen molar-refractivity contribution >= 4 is 16.9 Å². The van der Waals surface area contributed by atoms with Crippen molar-refractivity contribution in [2.24, 2.45) is 0 Å². The molecule has 2 N–H and O–H groups in total. The minimum atomic E-state index is -0.0940. The molecule has 1 aromatic heterocycles. The molecule has 5 nitrogen and oxygen atoms in total. The largest absolute Gasteiger partial charge is 0.353 e. The van der Waals surface area contributed by atoms with Gasteiger partial charge in [-0.2, -0.15) is 0 Å². The normalized spacial score (nSPS) is 12.7. The molecule has 120 valence electrons. The summed E-state index contributed by atoms with van der Waals surface area (Å²) in [6.07, 6.45) is 2.18. The summed E-state index contributed by atoms with van der Waals surface area (Å²) >= 11 is 0. The van der Waals surface area contributed by atoms with Gasteiger partial charge >= 0.3 is 0 Å². The van der Waals surface area contributed by atoms with E-state index in [9.17, 15) is 4.79 Å². The van der Waals surface area contributed by atoms with E-state index in [0.717, 1.165) is 38.0 Å². The molecule has 0 unspecified atom stereocenters. The van der Waals surface area contributed by atoms with Crippen LogP contribution in [-0.2, 0) is 0 Å².